The SMILES string of the molecule is CN(Cc1ccccc1[N+](=O)[O-])C(=O)c1cc(F)ccc1Br. The fraction of sp³-hybridized carbons (Fsp3) is 0.133. The summed E-state index contributed by atoms with van der Waals surface area (Å²) >= 11 is 3.20. The number of nitro groups is 1. The molecule has 0 aromatic heterocycles. The summed E-state index contributed by atoms with van der Waals surface area (Å²) in [6, 6.07) is 10.0. The van der Waals surface area contributed by atoms with Crippen molar-refractivity contribution in [3.05, 3.63) is 74.0 Å². The minimum Gasteiger partial charge on any atom is -0.337 e. The molecule has 0 saturated heterocycles. The number of nitro benzene ring substituents is 1. The molecule has 2 aromatic carbocycles. The summed E-state index contributed by atoms with van der Waals surface area (Å²) in [7, 11) is 1.51. The Kier molecular flexibility index (Phi) is 4.87. The summed E-state index contributed by atoms with van der Waals surface area (Å²) in [6.45, 7) is 0.0545. The molecule has 0 aliphatic carbocycles. The van der Waals surface area contributed by atoms with Crippen molar-refractivity contribution in [1.29, 1.82) is 0 Å². The van der Waals surface area contributed by atoms with E-state index in [4.69, 9.17) is 0 Å². The summed E-state index contributed by atoms with van der Waals surface area (Å²) < 4.78 is 13.8. The molecular formula is C15H12BrFN2O3. The summed E-state index contributed by atoms with van der Waals surface area (Å²) in [5.41, 5.74) is 0.525. The van der Waals surface area contributed by atoms with Crippen LogP contribution < -0.4 is 0 Å². The van der Waals surface area contributed by atoms with E-state index in [2.05, 4.69) is 15.9 Å². The van der Waals surface area contributed by atoms with E-state index >= 15 is 0 Å². The molecule has 0 aliphatic heterocycles. The molecule has 0 saturated carbocycles. The molecule has 7 heteroatoms. The van der Waals surface area contributed by atoms with Crippen LogP contribution in [0.3, 0.4) is 0 Å². The van der Waals surface area contributed by atoms with Gasteiger partial charge in [0.25, 0.3) is 11.6 Å². The highest BCUT2D eigenvalue weighted by Crippen LogP contribution is 2.22. The van der Waals surface area contributed by atoms with Crippen molar-refractivity contribution in [2.45, 2.75) is 6.54 Å². The first-order valence-corrected chi connectivity index (χ1v) is 7.12. The summed E-state index contributed by atoms with van der Waals surface area (Å²) in [5.74, 6) is -0.949. The van der Waals surface area contributed by atoms with Crippen LogP contribution >= 0.6 is 15.9 Å². The molecule has 0 radical (unpaired) electrons. The van der Waals surface area contributed by atoms with Crippen LogP contribution in [0.25, 0.3) is 0 Å². The van der Waals surface area contributed by atoms with Crippen LogP contribution in [0, 0.1) is 15.9 Å². The molecule has 22 heavy (non-hydrogen) atoms. The second kappa shape index (κ2) is 6.65. The van der Waals surface area contributed by atoms with E-state index in [0.717, 1.165) is 6.07 Å². The summed E-state index contributed by atoms with van der Waals surface area (Å²) in [4.78, 5) is 24.2. The van der Waals surface area contributed by atoms with E-state index in [0.29, 0.717) is 10.0 Å². The zero-order chi connectivity index (χ0) is 16.3. The molecule has 2 rings (SSSR count). The van der Waals surface area contributed by atoms with Gasteiger partial charge in [0.1, 0.15) is 5.82 Å². The highest BCUT2D eigenvalue weighted by Gasteiger charge is 2.19. The molecule has 5 nitrogen and oxygen atoms in total. The third-order valence-corrected chi connectivity index (χ3v) is 3.79. The molecule has 1 amide bonds. The number of hydrogen-bond acceptors (Lipinski definition) is 3. The quantitative estimate of drug-likeness (QED) is 0.611. The smallest absolute Gasteiger partial charge is 0.274 e. The number of carbonyl (C=O) groups is 1. The standard InChI is InChI=1S/C15H12BrFN2O3/c1-18(9-10-4-2-3-5-14(10)19(21)22)15(20)12-8-11(17)6-7-13(12)16/h2-8H,9H2,1H3. The second-order valence-corrected chi connectivity index (χ2v) is 5.53. The molecular weight excluding hydrogens is 355 g/mol. The van der Waals surface area contributed by atoms with Crippen molar-refractivity contribution in [3.63, 3.8) is 0 Å². The number of amides is 1. The van der Waals surface area contributed by atoms with E-state index in [-0.39, 0.29) is 17.8 Å². The Labute approximate surface area is 134 Å². The zero-order valence-corrected chi connectivity index (χ0v) is 13.2. The number of halogens is 2. The first-order valence-electron chi connectivity index (χ1n) is 6.33. The lowest BCUT2D eigenvalue weighted by atomic mass is 10.1. The fourth-order valence-electron chi connectivity index (χ4n) is 2.02. The van der Waals surface area contributed by atoms with Gasteiger partial charge in [-0.05, 0) is 34.1 Å². The Morgan fingerprint density at radius 1 is 1.32 bits per heavy atom. The third-order valence-electron chi connectivity index (χ3n) is 3.10. The maximum atomic E-state index is 13.3. The largest absolute Gasteiger partial charge is 0.337 e. The molecule has 0 unspecified atom stereocenters. The molecule has 0 aliphatic rings. The average Bonchev–Trinajstić information content (AvgIpc) is 2.49. The molecule has 0 bridgehead atoms. The van der Waals surface area contributed by atoms with Crippen LogP contribution in [0.1, 0.15) is 15.9 Å². The predicted octanol–water partition coefficient (Wildman–Crippen LogP) is 3.77. The average molecular weight is 367 g/mol. The number of hydrogen-bond donors (Lipinski definition) is 0. The van der Waals surface area contributed by atoms with Gasteiger partial charge in [-0.15, -0.1) is 0 Å². The molecule has 0 spiro atoms. The zero-order valence-electron chi connectivity index (χ0n) is 11.6. The van der Waals surface area contributed by atoms with Crippen LogP contribution in [-0.4, -0.2) is 22.8 Å². The van der Waals surface area contributed by atoms with E-state index in [1.165, 1.54) is 30.1 Å². The van der Waals surface area contributed by atoms with Crippen molar-refractivity contribution >= 4 is 27.5 Å². The fourth-order valence-corrected chi connectivity index (χ4v) is 2.43. The topological polar surface area (TPSA) is 63.4 Å². The van der Waals surface area contributed by atoms with Gasteiger partial charge in [-0.1, -0.05) is 18.2 Å². The van der Waals surface area contributed by atoms with E-state index in [9.17, 15) is 19.3 Å². The van der Waals surface area contributed by atoms with Crippen molar-refractivity contribution in [2.24, 2.45) is 0 Å². The molecule has 114 valence electrons. The van der Waals surface area contributed by atoms with Gasteiger partial charge >= 0.3 is 0 Å². The first kappa shape index (κ1) is 16.1. The summed E-state index contributed by atoms with van der Waals surface area (Å²) in [6.07, 6.45) is 0. The molecule has 0 N–H and O–H groups in total. The lowest BCUT2D eigenvalue weighted by Gasteiger charge is -2.18. The second-order valence-electron chi connectivity index (χ2n) is 4.67. The van der Waals surface area contributed by atoms with Gasteiger partial charge in [-0.3, -0.25) is 14.9 Å². The van der Waals surface area contributed by atoms with Crippen molar-refractivity contribution in [2.75, 3.05) is 7.05 Å². The normalized spacial score (nSPS) is 10.3. The van der Waals surface area contributed by atoms with Gasteiger partial charge in [0.2, 0.25) is 0 Å². The molecule has 0 fully saturated rings. The molecule has 0 heterocycles. The van der Waals surface area contributed by atoms with Crippen LogP contribution in [0.15, 0.2) is 46.9 Å². The van der Waals surface area contributed by atoms with E-state index in [1.807, 2.05) is 0 Å². The Balaban J connectivity index is 2.26. The van der Waals surface area contributed by atoms with Crippen LogP contribution in [0.5, 0.6) is 0 Å². The molecule has 2 aromatic rings. The van der Waals surface area contributed by atoms with E-state index in [1.54, 1.807) is 18.2 Å². The van der Waals surface area contributed by atoms with Gasteiger partial charge in [0, 0.05) is 23.2 Å². The summed E-state index contributed by atoms with van der Waals surface area (Å²) in [5, 5.41) is 11.0. The van der Waals surface area contributed by atoms with Gasteiger partial charge in [-0.2, -0.15) is 0 Å². The minimum atomic E-state index is -0.523. The lowest BCUT2D eigenvalue weighted by Crippen LogP contribution is -2.27. The number of carbonyl (C=O) groups excluding carboxylic acids is 1. The van der Waals surface area contributed by atoms with Crippen molar-refractivity contribution < 1.29 is 14.1 Å². The van der Waals surface area contributed by atoms with Gasteiger partial charge in [0.05, 0.1) is 17.0 Å². The van der Waals surface area contributed by atoms with Gasteiger partial charge in [0.15, 0.2) is 0 Å². The number of para-hydroxylation sites is 1. The Morgan fingerprint density at radius 2 is 2.00 bits per heavy atom. The maximum Gasteiger partial charge on any atom is 0.274 e. The van der Waals surface area contributed by atoms with Crippen LogP contribution in [0.2, 0.25) is 0 Å². The van der Waals surface area contributed by atoms with Crippen LogP contribution in [0.4, 0.5) is 10.1 Å². The Hall–Kier alpha value is -2.28. The van der Waals surface area contributed by atoms with Crippen molar-refractivity contribution in [1.82, 2.24) is 4.90 Å². The van der Waals surface area contributed by atoms with Gasteiger partial charge < -0.3 is 4.90 Å². The number of nitrogens with zero attached hydrogens (tertiary/aromatic N) is 2. The minimum absolute atomic E-state index is 0.0545. The highest BCUT2D eigenvalue weighted by molar-refractivity contribution is 9.10. The highest BCUT2D eigenvalue weighted by atomic mass is 79.9. The molecule has 0 atom stereocenters. The van der Waals surface area contributed by atoms with Gasteiger partial charge in [-0.25, -0.2) is 4.39 Å². The van der Waals surface area contributed by atoms with E-state index < -0.39 is 16.6 Å². The lowest BCUT2D eigenvalue weighted by molar-refractivity contribution is -0.385. The monoisotopic (exact) mass is 366 g/mol. The Bertz CT molecular complexity index is 736. The maximum absolute atomic E-state index is 13.3. The van der Waals surface area contributed by atoms with Crippen molar-refractivity contribution in [3.8, 4) is 0 Å². The Morgan fingerprint density at radius 3 is 2.68 bits per heavy atom. The van der Waals surface area contributed by atoms with Crippen LogP contribution in [-0.2, 0) is 6.54 Å². The number of rotatable bonds is 4. The third kappa shape index (κ3) is 3.48. The number of benzene rings is 2. The predicted molar refractivity (Wildman–Crippen MR) is 83.0 cm³/mol. The first-order chi connectivity index (χ1) is 10.4.